The molecule has 9 nitrogen and oxygen atoms in total. The Morgan fingerprint density at radius 3 is 2.45 bits per heavy atom. The number of aromatic nitrogens is 1. The van der Waals surface area contributed by atoms with E-state index in [1.54, 1.807) is 18.3 Å². The summed E-state index contributed by atoms with van der Waals surface area (Å²) in [7, 11) is 0. The van der Waals surface area contributed by atoms with Crippen LogP contribution in [0.5, 0.6) is 0 Å². The van der Waals surface area contributed by atoms with Crippen LogP contribution in [-0.4, -0.2) is 53.9 Å². The Hall–Kier alpha value is -4.68. The molecule has 2 saturated heterocycles. The Balaban J connectivity index is 0.988. The van der Waals surface area contributed by atoms with Gasteiger partial charge in [0.05, 0.1) is 11.6 Å². The molecule has 2 aromatic carbocycles. The van der Waals surface area contributed by atoms with Crippen molar-refractivity contribution in [3.05, 3.63) is 89.8 Å². The maximum absolute atomic E-state index is 13.0. The highest BCUT2D eigenvalue weighted by Crippen LogP contribution is 2.26. The second-order valence-corrected chi connectivity index (χ2v) is 11.1. The van der Waals surface area contributed by atoms with Crippen LogP contribution in [0.15, 0.2) is 77.3 Å². The van der Waals surface area contributed by atoms with Crippen LogP contribution < -0.4 is 15.5 Å². The molecule has 42 heavy (non-hydrogen) atoms. The molecule has 0 aliphatic carbocycles. The van der Waals surface area contributed by atoms with Crippen LogP contribution in [0.1, 0.15) is 47.4 Å². The first kappa shape index (κ1) is 27.5. The van der Waals surface area contributed by atoms with Gasteiger partial charge in [-0.2, -0.15) is 5.26 Å². The van der Waals surface area contributed by atoms with E-state index in [4.69, 9.17) is 9.68 Å². The molecule has 4 aromatic rings. The van der Waals surface area contributed by atoms with Gasteiger partial charge in [-0.25, -0.2) is 4.98 Å². The fourth-order valence-electron chi connectivity index (χ4n) is 5.82. The third-order valence-electron chi connectivity index (χ3n) is 8.26. The number of amides is 2. The van der Waals surface area contributed by atoms with Crippen molar-refractivity contribution in [1.29, 1.82) is 5.26 Å². The normalized spacial score (nSPS) is 16.7. The van der Waals surface area contributed by atoms with Gasteiger partial charge in [0.2, 0.25) is 5.91 Å². The number of piperidine rings is 2. The lowest BCUT2D eigenvalue weighted by Gasteiger charge is -2.32. The van der Waals surface area contributed by atoms with E-state index in [1.165, 1.54) is 5.56 Å². The summed E-state index contributed by atoms with van der Waals surface area (Å²) in [4.78, 5) is 35.0. The molecule has 0 spiro atoms. The van der Waals surface area contributed by atoms with Gasteiger partial charge in [-0.15, -0.1) is 0 Å². The van der Waals surface area contributed by atoms with Gasteiger partial charge in [0.15, 0.2) is 5.76 Å². The molecule has 214 valence electrons. The van der Waals surface area contributed by atoms with E-state index < -0.39 is 0 Å². The van der Waals surface area contributed by atoms with Gasteiger partial charge in [-0.1, -0.05) is 18.2 Å². The topological polar surface area (TPSA) is 114 Å². The fourth-order valence-corrected chi connectivity index (χ4v) is 5.82. The molecular weight excluding hydrogens is 528 g/mol. The number of carbonyl (C=O) groups is 2. The van der Waals surface area contributed by atoms with Crippen LogP contribution in [0.3, 0.4) is 0 Å². The first-order chi connectivity index (χ1) is 20.5. The van der Waals surface area contributed by atoms with Crippen LogP contribution in [0.25, 0.3) is 11.0 Å². The molecule has 0 unspecified atom stereocenters. The van der Waals surface area contributed by atoms with E-state index in [-0.39, 0.29) is 29.5 Å². The zero-order chi connectivity index (χ0) is 28.9. The minimum atomic E-state index is -0.220. The average Bonchev–Trinajstić information content (AvgIpc) is 3.47. The number of carbonyl (C=O) groups excluding carboxylic acids is 2. The lowest BCUT2D eigenvalue weighted by Crippen LogP contribution is -2.44. The van der Waals surface area contributed by atoms with Gasteiger partial charge in [0.25, 0.3) is 5.91 Å². The molecule has 2 aliphatic heterocycles. The van der Waals surface area contributed by atoms with Crippen LogP contribution in [-0.2, 0) is 11.3 Å². The Morgan fingerprint density at radius 1 is 0.952 bits per heavy atom. The number of hydrogen-bond donors (Lipinski definition) is 2. The van der Waals surface area contributed by atoms with Crippen molar-refractivity contribution in [3.8, 4) is 6.07 Å². The first-order valence-electron chi connectivity index (χ1n) is 14.6. The Morgan fingerprint density at radius 2 is 1.74 bits per heavy atom. The third kappa shape index (κ3) is 6.45. The van der Waals surface area contributed by atoms with Crippen LogP contribution in [0, 0.1) is 17.2 Å². The zero-order valence-corrected chi connectivity index (χ0v) is 23.5. The molecule has 0 radical (unpaired) electrons. The number of furan rings is 1. The number of fused-ring (bicyclic) bond motifs is 1. The second kappa shape index (κ2) is 12.5. The summed E-state index contributed by atoms with van der Waals surface area (Å²) < 4.78 is 5.85. The number of nitriles is 1. The molecule has 4 heterocycles. The molecule has 0 bridgehead atoms. The van der Waals surface area contributed by atoms with E-state index in [0.29, 0.717) is 16.8 Å². The molecule has 2 fully saturated rings. The fraction of sp³-hybridized carbons (Fsp3) is 0.333. The maximum atomic E-state index is 13.0. The lowest BCUT2D eigenvalue weighted by atomic mass is 9.95. The summed E-state index contributed by atoms with van der Waals surface area (Å²) in [6.07, 6.45) is 5.06. The Labute approximate surface area is 245 Å². The molecule has 2 amide bonds. The highest BCUT2D eigenvalue weighted by Gasteiger charge is 2.26. The summed E-state index contributed by atoms with van der Waals surface area (Å²) in [5, 5.41) is 15.9. The predicted molar refractivity (Wildman–Crippen MR) is 161 cm³/mol. The lowest BCUT2D eigenvalue weighted by molar-refractivity contribution is -0.120. The molecule has 6 rings (SSSR count). The summed E-state index contributed by atoms with van der Waals surface area (Å²) in [6.45, 7) is 4.20. The quantitative estimate of drug-likeness (QED) is 0.328. The Bertz CT molecular complexity index is 1580. The van der Waals surface area contributed by atoms with Crippen molar-refractivity contribution >= 4 is 34.3 Å². The summed E-state index contributed by atoms with van der Waals surface area (Å²) in [6, 6.07) is 23.0. The van der Waals surface area contributed by atoms with E-state index in [2.05, 4.69) is 31.5 Å². The number of rotatable bonds is 7. The first-order valence-corrected chi connectivity index (χ1v) is 14.6. The summed E-state index contributed by atoms with van der Waals surface area (Å²) >= 11 is 0. The maximum Gasteiger partial charge on any atom is 0.287 e. The van der Waals surface area contributed by atoms with Crippen molar-refractivity contribution < 1.29 is 14.0 Å². The van der Waals surface area contributed by atoms with Crippen molar-refractivity contribution in [2.75, 3.05) is 36.4 Å². The summed E-state index contributed by atoms with van der Waals surface area (Å²) in [5.41, 5.74) is 3.15. The highest BCUT2D eigenvalue weighted by atomic mass is 16.3. The molecule has 2 N–H and O–H groups in total. The van der Waals surface area contributed by atoms with Gasteiger partial charge in [-0.05, 0) is 79.8 Å². The van der Waals surface area contributed by atoms with E-state index in [1.807, 2.05) is 54.6 Å². The largest absolute Gasteiger partial charge is 0.451 e. The van der Waals surface area contributed by atoms with Gasteiger partial charge in [0, 0.05) is 62.0 Å². The molecule has 2 aliphatic rings. The van der Waals surface area contributed by atoms with Crippen LogP contribution in [0.2, 0.25) is 0 Å². The minimum Gasteiger partial charge on any atom is -0.451 e. The monoisotopic (exact) mass is 562 g/mol. The second-order valence-electron chi connectivity index (χ2n) is 11.1. The van der Waals surface area contributed by atoms with E-state index >= 15 is 0 Å². The van der Waals surface area contributed by atoms with Crippen molar-refractivity contribution in [1.82, 2.24) is 15.2 Å². The van der Waals surface area contributed by atoms with E-state index in [0.717, 1.165) is 69.6 Å². The number of hydrogen-bond acceptors (Lipinski definition) is 7. The van der Waals surface area contributed by atoms with E-state index in [9.17, 15) is 9.59 Å². The predicted octanol–water partition coefficient (Wildman–Crippen LogP) is 4.95. The van der Waals surface area contributed by atoms with Crippen LogP contribution >= 0.6 is 0 Å². The van der Waals surface area contributed by atoms with Crippen LogP contribution in [0.4, 0.5) is 11.5 Å². The van der Waals surface area contributed by atoms with Gasteiger partial charge in [0.1, 0.15) is 11.4 Å². The van der Waals surface area contributed by atoms with Gasteiger partial charge >= 0.3 is 0 Å². The molecule has 2 aromatic heterocycles. The SMILES string of the molecule is N#Cc1ccc(CN2CCC(NC(=O)c3cc4cc(NC(=O)C5CCN(c6ccccn6)CC5)ccc4o3)CC2)cc1. The number of benzene rings is 2. The highest BCUT2D eigenvalue weighted by molar-refractivity contribution is 5.98. The molecular formula is C33H34N6O3. The van der Waals surface area contributed by atoms with Gasteiger partial charge in [-0.3, -0.25) is 14.5 Å². The number of pyridine rings is 1. The average molecular weight is 563 g/mol. The zero-order valence-electron chi connectivity index (χ0n) is 23.5. The van der Waals surface area contributed by atoms with Crippen molar-refractivity contribution in [2.45, 2.75) is 38.3 Å². The smallest absolute Gasteiger partial charge is 0.287 e. The number of anilines is 2. The third-order valence-corrected chi connectivity index (χ3v) is 8.26. The molecule has 9 heteroatoms. The minimum absolute atomic E-state index is 0.0157. The molecule has 0 saturated carbocycles. The number of nitrogens with zero attached hydrogens (tertiary/aromatic N) is 4. The summed E-state index contributed by atoms with van der Waals surface area (Å²) in [5.74, 6) is 0.966. The number of nitrogens with one attached hydrogen (secondary N) is 2. The number of likely N-dealkylation sites (tertiary alicyclic amines) is 1. The standard InChI is InChI=1S/C33H34N6O3/c34-21-23-4-6-24(7-5-23)22-38-15-12-27(13-16-38)36-33(41)30-20-26-19-28(8-9-29(26)42-30)37-32(40)25-10-17-39(18-11-25)31-3-1-2-14-35-31/h1-9,14,19-20,25,27H,10-13,15-18,22H2,(H,36,41)(H,37,40). The Kier molecular flexibility index (Phi) is 8.15. The molecule has 0 atom stereocenters. The van der Waals surface area contributed by atoms with Gasteiger partial charge < -0.3 is 20.0 Å². The van der Waals surface area contributed by atoms with Crippen molar-refractivity contribution in [2.24, 2.45) is 5.92 Å². The van der Waals surface area contributed by atoms with Crippen molar-refractivity contribution in [3.63, 3.8) is 0 Å².